The molecule has 5 aliphatic heterocycles. The van der Waals surface area contributed by atoms with Gasteiger partial charge in [0.15, 0.2) is 25.2 Å². The van der Waals surface area contributed by atoms with Gasteiger partial charge in [-0.3, -0.25) is 0 Å². The fourth-order valence-corrected chi connectivity index (χ4v) is 6.02. The van der Waals surface area contributed by atoms with Crippen LogP contribution >= 0.6 is 0 Å². The first-order valence-corrected chi connectivity index (χ1v) is 15.7. The number of ether oxygens (including phenoxy) is 9. The molecule has 0 saturated carbocycles. The van der Waals surface area contributed by atoms with Crippen LogP contribution in [0.25, 0.3) is 0 Å². The Morgan fingerprint density at radius 1 is 0.408 bits per heavy atom. The molecule has 0 aromatic carbocycles. The molecule has 0 aliphatic carbocycles. The van der Waals surface area contributed by atoms with Crippen LogP contribution in [0.1, 0.15) is 0 Å². The van der Waals surface area contributed by atoms with E-state index in [1.165, 1.54) is 0 Å². The Bertz CT molecular complexity index is 1020. The third kappa shape index (κ3) is 8.36. The lowest BCUT2D eigenvalue weighted by Crippen LogP contribution is -2.68. The van der Waals surface area contributed by atoms with E-state index in [1.54, 1.807) is 0 Å². The molecule has 0 radical (unpaired) electrons. The van der Waals surface area contributed by atoms with E-state index in [4.69, 9.17) is 42.6 Å². The number of rotatable bonds is 13. The van der Waals surface area contributed by atoms with Crippen LogP contribution in [-0.2, 0) is 42.6 Å². The van der Waals surface area contributed by atoms with Gasteiger partial charge >= 0.3 is 0 Å². The summed E-state index contributed by atoms with van der Waals surface area (Å²) in [6.45, 7) is -2.89. The molecule has 22 nitrogen and oxygen atoms in total. The average Bonchev–Trinajstić information content (AvgIpc) is 3.93. The van der Waals surface area contributed by atoms with E-state index >= 15 is 0 Å². The van der Waals surface area contributed by atoms with Crippen molar-refractivity contribution >= 4 is 0 Å². The molecule has 49 heavy (non-hydrogen) atoms. The van der Waals surface area contributed by atoms with Crippen LogP contribution in [0.2, 0.25) is 0 Å². The summed E-state index contributed by atoms with van der Waals surface area (Å²) in [7, 11) is 0. The average molecular weight is 723 g/mol. The van der Waals surface area contributed by atoms with Gasteiger partial charge in [0.05, 0.1) is 39.6 Å². The smallest absolute Gasteiger partial charge is 0.187 e. The summed E-state index contributed by atoms with van der Waals surface area (Å²) in [5.74, 6) is 0. The minimum atomic E-state index is -2.04. The summed E-state index contributed by atoms with van der Waals surface area (Å²) in [6, 6.07) is 0. The molecule has 21 atom stereocenters. The molecule has 22 heteroatoms. The molecule has 286 valence electrons. The molecule has 5 aliphatic rings. The lowest BCUT2D eigenvalue weighted by molar-refractivity contribution is -0.390. The predicted octanol–water partition coefficient (Wildman–Crippen LogP) is -9.33. The molecule has 5 fully saturated rings. The molecule has 0 amide bonds. The highest BCUT2D eigenvalue weighted by Gasteiger charge is 2.55. The Labute approximate surface area is 278 Å². The highest BCUT2D eigenvalue weighted by atomic mass is 16.8. The number of aliphatic hydroxyl groups is 13. The maximum Gasteiger partial charge on any atom is 0.187 e. The number of hydrogen-bond acceptors (Lipinski definition) is 22. The Balaban J connectivity index is 1.31. The fraction of sp³-hybridized carbons (Fsp3) is 1.00. The van der Waals surface area contributed by atoms with Crippen molar-refractivity contribution in [1.29, 1.82) is 0 Å². The van der Waals surface area contributed by atoms with Crippen molar-refractivity contribution in [2.24, 2.45) is 0 Å². The van der Waals surface area contributed by atoms with Crippen LogP contribution < -0.4 is 0 Å². The molecular formula is C27H46O22. The van der Waals surface area contributed by atoms with Crippen molar-refractivity contribution in [1.82, 2.24) is 0 Å². The Hall–Kier alpha value is -0.880. The molecule has 5 rings (SSSR count). The molecule has 0 aromatic heterocycles. The van der Waals surface area contributed by atoms with Gasteiger partial charge in [0.1, 0.15) is 104 Å². The number of aliphatic hydroxyl groups excluding tert-OH is 13. The summed E-state index contributed by atoms with van der Waals surface area (Å²) >= 11 is 0. The summed E-state index contributed by atoms with van der Waals surface area (Å²) in [4.78, 5) is 0. The molecular weight excluding hydrogens is 676 g/mol. The zero-order valence-electron chi connectivity index (χ0n) is 25.9. The summed E-state index contributed by atoms with van der Waals surface area (Å²) in [5, 5.41) is 135. The van der Waals surface area contributed by atoms with Crippen molar-refractivity contribution in [2.75, 3.05) is 39.6 Å². The van der Waals surface area contributed by atoms with Gasteiger partial charge in [-0.25, -0.2) is 0 Å². The lowest BCUT2D eigenvalue weighted by Gasteiger charge is -2.49. The quantitative estimate of drug-likeness (QED) is 0.0785. The highest BCUT2D eigenvalue weighted by Crippen LogP contribution is 2.34. The number of hydrogen-bond donors (Lipinski definition) is 13. The summed E-state index contributed by atoms with van der Waals surface area (Å²) < 4.78 is 49.2. The third-order valence-electron chi connectivity index (χ3n) is 9.04. The molecule has 5 saturated heterocycles. The van der Waals surface area contributed by atoms with Gasteiger partial charge in [-0.05, 0) is 0 Å². The Kier molecular flexibility index (Phi) is 13.5. The molecule has 0 spiro atoms. The van der Waals surface area contributed by atoms with E-state index in [1.807, 2.05) is 0 Å². The van der Waals surface area contributed by atoms with E-state index < -0.39 is 149 Å². The first-order valence-electron chi connectivity index (χ1n) is 15.7. The Morgan fingerprint density at radius 3 is 1.10 bits per heavy atom. The van der Waals surface area contributed by atoms with Crippen LogP contribution in [0, 0.1) is 0 Å². The van der Waals surface area contributed by atoms with Crippen LogP contribution in [0.3, 0.4) is 0 Å². The minimum absolute atomic E-state index is 0.00821. The SMILES string of the molecule is OC[C@H]1O[C@@H](O[C@@H]2[C@@H](O)[C@H](O[C@@H]3[C@@H](O)[C@H](O[C@@H]4[C@@H](O)[C@H](OCC5CO5)O[C@H](CO)[C@H]4O)O[C@H](CO)[C@H]3O)O[C@H](CO)[C@H]2O)[C@H](O)[C@@H](O)[C@@H]1O. The predicted molar refractivity (Wildman–Crippen MR) is 147 cm³/mol. The molecule has 0 aromatic rings. The van der Waals surface area contributed by atoms with Gasteiger partial charge in [-0.15, -0.1) is 0 Å². The van der Waals surface area contributed by atoms with Crippen LogP contribution in [0.4, 0.5) is 0 Å². The van der Waals surface area contributed by atoms with Crippen LogP contribution in [0.5, 0.6) is 0 Å². The van der Waals surface area contributed by atoms with Crippen molar-refractivity contribution in [2.45, 2.75) is 129 Å². The topological polar surface area (TPSA) is 349 Å². The third-order valence-corrected chi connectivity index (χ3v) is 9.04. The van der Waals surface area contributed by atoms with Crippen molar-refractivity contribution in [3.63, 3.8) is 0 Å². The molecule has 0 bridgehead atoms. The van der Waals surface area contributed by atoms with E-state index in [-0.39, 0.29) is 12.7 Å². The maximum atomic E-state index is 11.2. The zero-order chi connectivity index (χ0) is 35.7. The first-order chi connectivity index (χ1) is 23.3. The largest absolute Gasteiger partial charge is 0.394 e. The maximum absolute atomic E-state index is 11.2. The molecule has 1 unspecified atom stereocenters. The summed E-state index contributed by atoms with van der Waals surface area (Å²) in [6.07, 6.45) is -35.2. The summed E-state index contributed by atoms with van der Waals surface area (Å²) in [5.41, 5.74) is 0. The second-order valence-corrected chi connectivity index (χ2v) is 12.4. The van der Waals surface area contributed by atoms with Gasteiger partial charge in [0.2, 0.25) is 0 Å². The monoisotopic (exact) mass is 722 g/mol. The standard InChI is InChI=1S/C27H46O22/c28-1-8-12(32)16(36)17(37)25(44-8)47-22-14(34)10(3-30)46-27(19(22)39)49-23-15(35)11(4-31)45-26(20(23)40)48-21-13(33)9(2-29)43-24(18(21)38)42-6-7-5-41-7/h7-40H,1-6H2/t7?,8-,9-,10-,11-,12-,13-,14-,15-,16+,17-,18-,19-,20-,21+,22+,23+,24-,25+,26+,27+/m1/s1. The van der Waals surface area contributed by atoms with Crippen molar-refractivity contribution in [3.05, 3.63) is 0 Å². The van der Waals surface area contributed by atoms with Gasteiger partial charge in [-0.1, -0.05) is 0 Å². The second-order valence-electron chi connectivity index (χ2n) is 12.4. The van der Waals surface area contributed by atoms with Crippen molar-refractivity contribution < 1.29 is 109 Å². The zero-order valence-corrected chi connectivity index (χ0v) is 25.9. The van der Waals surface area contributed by atoms with Crippen LogP contribution in [0.15, 0.2) is 0 Å². The Morgan fingerprint density at radius 2 is 0.735 bits per heavy atom. The van der Waals surface area contributed by atoms with E-state index in [0.717, 1.165) is 0 Å². The van der Waals surface area contributed by atoms with Gasteiger partial charge < -0.3 is 109 Å². The normalized spacial score (nSPS) is 52.2. The van der Waals surface area contributed by atoms with Gasteiger partial charge in [0, 0.05) is 0 Å². The lowest BCUT2D eigenvalue weighted by atomic mass is 9.95. The molecule has 5 heterocycles. The highest BCUT2D eigenvalue weighted by molar-refractivity contribution is 4.98. The van der Waals surface area contributed by atoms with Crippen LogP contribution in [-0.4, -0.2) is 235 Å². The van der Waals surface area contributed by atoms with Gasteiger partial charge in [0.25, 0.3) is 0 Å². The second kappa shape index (κ2) is 16.9. The van der Waals surface area contributed by atoms with E-state index in [0.29, 0.717) is 6.61 Å². The van der Waals surface area contributed by atoms with Crippen molar-refractivity contribution in [3.8, 4) is 0 Å². The first kappa shape index (κ1) is 39.3. The minimum Gasteiger partial charge on any atom is -0.394 e. The molecule has 13 N–H and O–H groups in total. The fourth-order valence-electron chi connectivity index (χ4n) is 6.02. The van der Waals surface area contributed by atoms with E-state index in [9.17, 15) is 66.4 Å². The van der Waals surface area contributed by atoms with E-state index in [2.05, 4.69) is 0 Å². The number of epoxide rings is 1. The van der Waals surface area contributed by atoms with Gasteiger partial charge in [-0.2, -0.15) is 0 Å².